The van der Waals surface area contributed by atoms with E-state index in [-0.39, 0.29) is 11.5 Å². The van der Waals surface area contributed by atoms with Crippen LogP contribution in [0.15, 0.2) is 18.2 Å². The predicted octanol–water partition coefficient (Wildman–Crippen LogP) is 2.80. The Balaban J connectivity index is 2.91. The summed E-state index contributed by atoms with van der Waals surface area (Å²) < 4.78 is 26.1. The molecule has 0 fully saturated rings. The summed E-state index contributed by atoms with van der Waals surface area (Å²) in [5, 5.41) is 19.8. The zero-order valence-electron chi connectivity index (χ0n) is 10.0. The van der Waals surface area contributed by atoms with Crippen molar-refractivity contribution in [2.75, 3.05) is 0 Å². The highest BCUT2D eigenvalue weighted by Crippen LogP contribution is 2.27. The Hall–Kier alpha value is -1.00. The molecule has 1 rings (SSSR count). The van der Waals surface area contributed by atoms with Crippen molar-refractivity contribution in [1.82, 2.24) is 0 Å². The zero-order chi connectivity index (χ0) is 13.0. The summed E-state index contributed by atoms with van der Waals surface area (Å²) in [6.07, 6.45) is -0.972. The van der Waals surface area contributed by atoms with Crippen LogP contribution in [0.3, 0.4) is 0 Å². The van der Waals surface area contributed by atoms with Gasteiger partial charge in [-0.2, -0.15) is 0 Å². The molecule has 4 heteroatoms. The van der Waals surface area contributed by atoms with Crippen LogP contribution in [0, 0.1) is 17.6 Å². The van der Waals surface area contributed by atoms with Gasteiger partial charge in [-0.3, -0.25) is 0 Å². The van der Waals surface area contributed by atoms with E-state index in [1.807, 2.05) is 13.8 Å². The second kappa shape index (κ2) is 6.07. The first-order valence-corrected chi connectivity index (χ1v) is 5.82. The van der Waals surface area contributed by atoms with Crippen molar-refractivity contribution < 1.29 is 19.0 Å². The largest absolute Gasteiger partial charge is 0.390 e. The summed E-state index contributed by atoms with van der Waals surface area (Å²) in [6.45, 7) is 3.79. The molecular weight excluding hydrogens is 226 g/mol. The van der Waals surface area contributed by atoms with Gasteiger partial charge >= 0.3 is 0 Å². The van der Waals surface area contributed by atoms with E-state index in [4.69, 9.17) is 0 Å². The molecule has 0 aliphatic heterocycles. The van der Waals surface area contributed by atoms with Gasteiger partial charge in [0.05, 0.1) is 6.10 Å². The Morgan fingerprint density at radius 1 is 1.12 bits per heavy atom. The minimum atomic E-state index is -1.32. The van der Waals surface area contributed by atoms with Crippen LogP contribution < -0.4 is 0 Å². The molecule has 17 heavy (non-hydrogen) atoms. The molecule has 0 amide bonds. The minimum Gasteiger partial charge on any atom is -0.390 e. The van der Waals surface area contributed by atoms with Gasteiger partial charge in [0, 0.05) is 11.6 Å². The first-order chi connectivity index (χ1) is 8.01. The molecule has 0 bridgehead atoms. The summed E-state index contributed by atoms with van der Waals surface area (Å²) >= 11 is 0. The smallest absolute Gasteiger partial charge is 0.132 e. The first-order valence-electron chi connectivity index (χ1n) is 5.82. The molecule has 96 valence electrons. The maximum Gasteiger partial charge on any atom is 0.132 e. The van der Waals surface area contributed by atoms with Crippen LogP contribution in [0.25, 0.3) is 0 Å². The quantitative estimate of drug-likeness (QED) is 0.836. The number of aliphatic hydroxyl groups excluding tert-OH is 2. The van der Waals surface area contributed by atoms with Gasteiger partial charge in [-0.25, -0.2) is 8.78 Å². The minimum absolute atomic E-state index is 0.0641. The highest BCUT2D eigenvalue weighted by molar-refractivity contribution is 5.21. The van der Waals surface area contributed by atoms with E-state index in [1.165, 1.54) is 6.07 Å². The second-order valence-electron chi connectivity index (χ2n) is 4.18. The van der Waals surface area contributed by atoms with Crippen molar-refractivity contribution in [2.24, 2.45) is 5.92 Å². The van der Waals surface area contributed by atoms with Gasteiger partial charge in [-0.15, -0.1) is 0 Å². The van der Waals surface area contributed by atoms with Crippen molar-refractivity contribution in [1.29, 1.82) is 0 Å². The van der Waals surface area contributed by atoms with Crippen LogP contribution in [0.1, 0.15) is 38.4 Å². The Labute approximate surface area is 99.9 Å². The van der Waals surface area contributed by atoms with Crippen LogP contribution in [0.4, 0.5) is 8.78 Å². The van der Waals surface area contributed by atoms with Crippen LogP contribution in [0.5, 0.6) is 0 Å². The SMILES string of the molecule is CCC(CC)C(O)C(O)c1ccc(F)cc1F. The number of aliphatic hydroxyl groups is 2. The molecule has 2 atom stereocenters. The Morgan fingerprint density at radius 3 is 2.18 bits per heavy atom. The topological polar surface area (TPSA) is 40.5 Å². The van der Waals surface area contributed by atoms with Crippen LogP contribution >= 0.6 is 0 Å². The number of hydrogen-bond acceptors (Lipinski definition) is 2. The first kappa shape index (κ1) is 14.1. The third-order valence-electron chi connectivity index (χ3n) is 3.14. The molecule has 0 saturated heterocycles. The van der Waals surface area contributed by atoms with Crippen LogP contribution in [-0.4, -0.2) is 16.3 Å². The summed E-state index contributed by atoms with van der Waals surface area (Å²) in [6, 6.07) is 2.94. The molecule has 2 N–H and O–H groups in total. The summed E-state index contributed by atoms with van der Waals surface area (Å²) in [7, 11) is 0. The van der Waals surface area contributed by atoms with Gasteiger partial charge in [-0.05, 0) is 12.0 Å². The normalized spacial score (nSPS) is 15.0. The fourth-order valence-electron chi connectivity index (χ4n) is 1.95. The highest BCUT2D eigenvalue weighted by Gasteiger charge is 2.27. The molecule has 0 heterocycles. The van der Waals surface area contributed by atoms with Gasteiger partial charge in [0.15, 0.2) is 0 Å². The van der Waals surface area contributed by atoms with E-state index in [0.29, 0.717) is 18.9 Å². The van der Waals surface area contributed by atoms with Gasteiger partial charge in [0.2, 0.25) is 0 Å². The Morgan fingerprint density at radius 2 is 1.71 bits per heavy atom. The van der Waals surface area contributed by atoms with Crippen molar-refractivity contribution in [3.63, 3.8) is 0 Å². The lowest BCUT2D eigenvalue weighted by Crippen LogP contribution is -2.27. The predicted molar refractivity (Wildman–Crippen MR) is 61.4 cm³/mol. The fourth-order valence-corrected chi connectivity index (χ4v) is 1.95. The average Bonchev–Trinajstić information content (AvgIpc) is 2.29. The summed E-state index contributed by atoms with van der Waals surface area (Å²) in [4.78, 5) is 0. The van der Waals surface area contributed by atoms with E-state index in [2.05, 4.69) is 0 Å². The maximum absolute atomic E-state index is 13.4. The van der Waals surface area contributed by atoms with Crippen molar-refractivity contribution in [3.8, 4) is 0 Å². The third kappa shape index (κ3) is 3.23. The molecular formula is C13H18F2O2. The number of rotatable bonds is 5. The molecule has 1 aromatic rings. The van der Waals surface area contributed by atoms with Gasteiger partial charge in [0.25, 0.3) is 0 Å². The molecule has 2 unspecified atom stereocenters. The Bertz CT molecular complexity index is 364. The molecule has 0 aliphatic carbocycles. The van der Waals surface area contributed by atoms with Gasteiger partial charge in [-0.1, -0.05) is 32.8 Å². The molecule has 2 nitrogen and oxygen atoms in total. The monoisotopic (exact) mass is 244 g/mol. The van der Waals surface area contributed by atoms with E-state index >= 15 is 0 Å². The lowest BCUT2D eigenvalue weighted by molar-refractivity contribution is -0.0226. The lowest BCUT2D eigenvalue weighted by Gasteiger charge is -2.25. The maximum atomic E-state index is 13.4. The van der Waals surface area contributed by atoms with E-state index in [0.717, 1.165) is 6.07 Å². The highest BCUT2D eigenvalue weighted by atomic mass is 19.1. The molecule has 0 aliphatic rings. The van der Waals surface area contributed by atoms with Crippen LogP contribution in [0.2, 0.25) is 0 Å². The summed E-state index contributed by atoms with van der Waals surface area (Å²) in [5.41, 5.74) is -0.0641. The van der Waals surface area contributed by atoms with Crippen molar-refractivity contribution in [3.05, 3.63) is 35.4 Å². The van der Waals surface area contributed by atoms with E-state index in [9.17, 15) is 19.0 Å². The van der Waals surface area contributed by atoms with Gasteiger partial charge in [0.1, 0.15) is 17.7 Å². The second-order valence-corrected chi connectivity index (χ2v) is 4.18. The van der Waals surface area contributed by atoms with Gasteiger partial charge < -0.3 is 10.2 Å². The average molecular weight is 244 g/mol. The molecule has 1 aromatic carbocycles. The van der Waals surface area contributed by atoms with E-state index in [1.54, 1.807) is 0 Å². The number of benzene rings is 1. The Kier molecular flexibility index (Phi) is 5.02. The van der Waals surface area contributed by atoms with Crippen molar-refractivity contribution >= 4 is 0 Å². The molecule has 0 radical (unpaired) electrons. The van der Waals surface area contributed by atoms with Crippen molar-refractivity contribution in [2.45, 2.75) is 38.9 Å². The molecule has 0 aromatic heterocycles. The number of halogens is 2. The zero-order valence-corrected chi connectivity index (χ0v) is 10.0. The number of hydrogen-bond donors (Lipinski definition) is 2. The molecule has 0 spiro atoms. The summed E-state index contributed by atoms with van der Waals surface area (Å²) in [5.74, 6) is -1.63. The standard InChI is InChI=1S/C13H18F2O2/c1-3-8(4-2)12(16)13(17)10-6-5-9(14)7-11(10)15/h5-8,12-13,16-17H,3-4H2,1-2H3. The van der Waals surface area contributed by atoms with E-state index < -0.39 is 23.8 Å². The lowest BCUT2D eigenvalue weighted by atomic mass is 9.89. The molecule has 0 saturated carbocycles. The third-order valence-corrected chi connectivity index (χ3v) is 3.14. The van der Waals surface area contributed by atoms with Crippen LogP contribution in [-0.2, 0) is 0 Å². The fraction of sp³-hybridized carbons (Fsp3) is 0.538.